The van der Waals surface area contributed by atoms with Gasteiger partial charge in [-0.25, -0.2) is 0 Å². The molecule has 0 aromatic heterocycles. The summed E-state index contributed by atoms with van der Waals surface area (Å²) in [5, 5.41) is 0. The van der Waals surface area contributed by atoms with Crippen molar-refractivity contribution in [3.05, 3.63) is 60.2 Å². The van der Waals surface area contributed by atoms with Crippen molar-refractivity contribution < 1.29 is 9.47 Å². The molecule has 0 radical (unpaired) electrons. The fourth-order valence-corrected chi connectivity index (χ4v) is 4.08. The zero-order valence-electron chi connectivity index (χ0n) is 16.8. The van der Waals surface area contributed by atoms with E-state index in [1.165, 1.54) is 44.3 Å². The molecule has 0 amide bonds. The maximum absolute atomic E-state index is 6.19. The number of hydrogen-bond acceptors (Lipinski definition) is 3. The van der Waals surface area contributed by atoms with Crippen molar-refractivity contribution in [1.29, 1.82) is 0 Å². The molecule has 2 unspecified atom stereocenters. The standard InChI is InChI=1S/C24H33NO2/c1-3-4-8-16-25-17-15-24(20-9-6-5-7-10-20)21(18-25)19-27-23-13-11-22(26-2)12-14-23/h5-7,9-14,21,24H,3-4,8,15-19H2,1-2H3. The topological polar surface area (TPSA) is 21.7 Å². The lowest BCUT2D eigenvalue weighted by molar-refractivity contribution is 0.109. The number of piperidine rings is 1. The molecule has 1 aliphatic rings. The Morgan fingerprint density at radius 2 is 1.70 bits per heavy atom. The van der Waals surface area contributed by atoms with Crippen molar-refractivity contribution in [2.75, 3.05) is 33.4 Å². The van der Waals surface area contributed by atoms with Crippen LogP contribution >= 0.6 is 0 Å². The fraction of sp³-hybridized carbons (Fsp3) is 0.500. The number of hydrogen-bond donors (Lipinski definition) is 0. The molecule has 2 aromatic carbocycles. The summed E-state index contributed by atoms with van der Waals surface area (Å²) in [6.07, 6.45) is 5.13. The molecule has 1 heterocycles. The lowest BCUT2D eigenvalue weighted by Crippen LogP contribution is -2.42. The number of ether oxygens (including phenoxy) is 2. The highest BCUT2D eigenvalue weighted by atomic mass is 16.5. The van der Waals surface area contributed by atoms with Crippen LogP contribution in [0, 0.1) is 5.92 Å². The first kappa shape index (κ1) is 19.8. The molecule has 3 rings (SSSR count). The molecule has 146 valence electrons. The third-order valence-electron chi connectivity index (χ3n) is 5.65. The van der Waals surface area contributed by atoms with Gasteiger partial charge in [-0.1, -0.05) is 50.1 Å². The van der Waals surface area contributed by atoms with Crippen LogP contribution in [0.5, 0.6) is 11.5 Å². The minimum absolute atomic E-state index is 0.518. The Bertz CT molecular complexity index is 656. The van der Waals surface area contributed by atoms with Gasteiger partial charge < -0.3 is 14.4 Å². The number of rotatable bonds is 9. The van der Waals surface area contributed by atoms with Gasteiger partial charge in [-0.3, -0.25) is 0 Å². The molecule has 1 saturated heterocycles. The summed E-state index contributed by atoms with van der Waals surface area (Å²) >= 11 is 0. The van der Waals surface area contributed by atoms with E-state index in [1.54, 1.807) is 7.11 Å². The summed E-state index contributed by atoms with van der Waals surface area (Å²) in [5.74, 6) is 2.88. The molecular formula is C24H33NO2. The van der Waals surface area contributed by atoms with Crippen LogP contribution in [0.2, 0.25) is 0 Å². The third kappa shape index (κ3) is 5.74. The Labute approximate surface area is 164 Å². The minimum Gasteiger partial charge on any atom is -0.497 e. The summed E-state index contributed by atoms with van der Waals surface area (Å²) in [4.78, 5) is 2.64. The minimum atomic E-state index is 0.518. The van der Waals surface area contributed by atoms with E-state index < -0.39 is 0 Å². The Balaban J connectivity index is 1.64. The van der Waals surface area contributed by atoms with Crippen LogP contribution in [0.3, 0.4) is 0 Å². The number of nitrogens with zero attached hydrogens (tertiary/aromatic N) is 1. The molecule has 2 atom stereocenters. The molecule has 0 bridgehead atoms. The molecule has 0 saturated carbocycles. The van der Waals surface area contributed by atoms with Gasteiger partial charge in [0.05, 0.1) is 13.7 Å². The molecule has 3 nitrogen and oxygen atoms in total. The van der Waals surface area contributed by atoms with Crippen molar-refractivity contribution in [1.82, 2.24) is 4.90 Å². The highest BCUT2D eigenvalue weighted by molar-refractivity contribution is 5.31. The number of likely N-dealkylation sites (tertiary alicyclic amines) is 1. The summed E-state index contributed by atoms with van der Waals surface area (Å²) < 4.78 is 11.4. The van der Waals surface area contributed by atoms with Gasteiger partial charge in [-0.2, -0.15) is 0 Å². The first-order valence-electron chi connectivity index (χ1n) is 10.3. The number of unbranched alkanes of at least 4 members (excludes halogenated alkanes) is 2. The van der Waals surface area contributed by atoms with Crippen LogP contribution in [-0.4, -0.2) is 38.3 Å². The normalized spacial score (nSPS) is 20.4. The third-order valence-corrected chi connectivity index (χ3v) is 5.65. The van der Waals surface area contributed by atoms with Gasteiger partial charge in [0.2, 0.25) is 0 Å². The highest BCUT2D eigenvalue weighted by Gasteiger charge is 2.30. The number of benzene rings is 2. The summed E-state index contributed by atoms with van der Waals surface area (Å²) in [5.41, 5.74) is 1.45. The van der Waals surface area contributed by atoms with Crippen molar-refractivity contribution in [3.63, 3.8) is 0 Å². The second-order valence-electron chi connectivity index (χ2n) is 7.56. The van der Waals surface area contributed by atoms with E-state index >= 15 is 0 Å². The van der Waals surface area contributed by atoms with Crippen molar-refractivity contribution in [2.24, 2.45) is 5.92 Å². The molecule has 0 N–H and O–H groups in total. The smallest absolute Gasteiger partial charge is 0.119 e. The van der Waals surface area contributed by atoms with E-state index in [0.29, 0.717) is 11.8 Å². The second-order valence-corrected chi connectivity index (χ2v) is 7.56. The molecule has 0 spiro atoms. The van der Waals surface area contributed by atoms with E-state index in [2.05, 4.69) is 42.2 Å². The predicted octanol–water partition coefficient (Wildman–Crippen LogP) is 5.37. The molecule has 1 aliphatic heterocycles. The maximum Gasteiger partial charge on any atom is 0.119 e. The van der Waals surface area contributed by atoms with E-state index in [1.807, 2.05) is 24.3 Å². The molecular weight excluding hydrogens is 334 g/mol. The predicted molar refractivity (Wildman–Crippen MR) is 112 cm³/mol. The van der Waals surface area contributed by atoms with Crippen LogP contribution in [0.15, 0.2) is 54.6 Å². The molecule has 3 heteroatoms. The SMILES string of the molecule is CCCCCN1CCC(c2ccccc2)C(COc2ccc(OC)cc2)C1. The van der Waals surface area contributed by atoms with Gasteiger partial charge >= 0.3 is 0 Å². The molecule has 0 aliphatic carbocycles. The molecule has 2 aromatic rings. The Kier molecular flexibility index (Phi) is 7.58. The number of methoxy groups -OCH3 is 1. The molecule has 1 fully saturated rings. The maximum atomic E-state index is 6.19. The second kappa shape index (κ2) is 10.4. The first-order valence-corrected chi connectivity index (χ1v) is 10.3. The zero-order chi connectivity index (χ0) is 18.9. The lowest BCUT2D eigenvalue weighted by Gasteiger charge is -2.39. The average molecular weight is 368 g/mol. The monoisotopic (exact) mass is 367 g/mol. The van der Waals surface area contributed by atoms with Gasteiger partial charge in [0.15, 0.2) is 0 Å². The van der Waals surface area contributed by atoms with Gasteiger partial charge in [0, 0.05) is 12.5 Å². The van der Waals surface area contributed by atoms with Crippen LogP contribution in [-0.2, 0) is 0 Å². The average Bonchev–Trinajstić information content (AvgIpc) is 2.73. The first-order chi connectivity index (χ1) is 13.3. The summed E-state index contributed by atoms with van der Waals surface area (Å²) in [6, 6.07) is 18.9. The quantitative estimate of drug-likeness (QED) is 0.556. The summed E-state index contributed by atoms with van der Waals surface area (Å²) in [7, 11) is 1.69. The van der Waals surface area contributed by atoms with E-state index in [9.17, 15) is 0 Å². The fourth-order valence-electron chi connectivity index (χ4n) is 4.08. The van der Waals surface area contributed by atoms with Crippen LogP contribution in [0.4, 0.5) is 0 Å². The highest BCUT2D eigenvalue weighted by Crippen LogP contribution is 2.33. The van der Waals surface area contributed by atoms with Crippen molar-refractivity contribution in [2.45, 2.75) is 38.5 Å². The van der Waals surface area contributed by atoms with Crippen LogP contribution in [0.25, 0.3) is 0 Å². The zero-order valence-corrected chi connectivity index (χ0v) is 16.8. The Morgan fingerprint density at radius 1 is 0.963 bits per heavy atom. The van der Waals surface area contributed by atoms with Gasteiger partial charge in [-0.15, -0.1) is 0 Å². The van der Waals surface area contributed by atoms with Crippen molar-refractivity contribution in [3.8, 4) is 11.5 Å². The van der Waals surface area contributed by atoms with Crippen molar-refractivity contribution >= 4 is 0 Å². The van der Waals surface area contributed by atoms with Crippen LogP contribution in [0.1, 0.15) is 44.1 Å². The molecule has 27 heavy (non-hydrogen) atoms. The van der Waals surface area contributed by atoms with Gasteiger partial charge in [-0.05, 0) is 61.7 Å². The van der Waals surface area contributed by atoms with E-state index in [4.69, 9.17) is 9.47 Å². The van der Waals surface area contributed by atoms with Crippen LogP contribution < -0.4 is 9.47 Å². The largest absolute Gasteiger partial charge is 0.497 e. The lowest BCUT2D eigenvalue weighted by atomic mass is 9.81. The van der Waals surface area contributed by atoms with Gasteiger partial charge in [0.25, 0.3) is 0 Å². The Hall–Kier alpha value is -2.00. The Morgan fingerprint density at radius 3 is 2.41 bits per heavy atom. The summed E-state index contributed by atoms with van der Waals surface area (Å²) in [6.45, 7) is 6.57. The van der Waals surface area contributed by atoms with E-state index in [-0.39, 0.29) is 0 Å². The van der Waals surface area contributed by atoms with Gasteiger partial charge in [0.1, 0.15) is 11.5 Å². The van der Waals surface area contributed by atoms with E-state index in [0.717, 1.165) is 24.7 Å².